The van der Waals surface area contributed by atoms with Gasteiger partial charge in [0.1, 0.15) is 0 Å². The number of benzene rings is 1. The van der Waals surface area contributed by atoms with Crippen LogP contribution in [0.15, 0.2) is 41.4 Å². The number of fused-ring (bicyclic) bond motifs is 1. The highest BCUT2D eigenvalue weighted by Crippen LogP contribution is 2.24. The third kappa shape index (κ3) is 3.73. The second-order valence-electron chi connectivity index (χ2n) is 6.20. The van der Waals surface area contributed by atoms with Gasteiger partial charge in [0.15, 0.2) is 5.03 Å². The van der Waals surface area contributed by atoms with Crippen molar-refractivity contribution in [2.24, 2.45) is 5.92 Å². The topological polar surface area (TPSA) is 96.4 Å². The quantitative estimate of drug-likeness (QED) is 0.828. The molecule has 1 saturated carbocycles. The van der Waals surface area contributed by atoms with Crippen molar-refractivity contribution in [3.8, 4) is 0 Å². The zero-order valence-corrected chi connectivity index (χ0v) is 14.0. The molecule has 7 heteroatoms. The Labute approximate surface area is 141 Å². The normalized spacial score (nSPS) is 22.2. The van der Waals surface area contributed by atoms with Gasteiger partial charge in [-0.1, -0.05) is 24.6 Å². The Hall–Kier alpha value is -1.99. The Morgan fingerprint density at radius 1 is 1.08 bits per heavy atom. The highest BCUT2D eigenvalue weighted by molar-refractivity contribution is 7.89. The number of para-hydroxylation sites is 1. The first-order valence-corrected chi connectivity index (χ1v) is 9.55. The van der Waals surface area contributed by atoms with Crippen molar-refractivity contribution in [3.05, 3.63) is 36.4 Å². The molecule has 0 saturated heterocycles. The number of aliphatic carboxylic acids is 1. The van der Waals surface area contributed by atoms with E-state index in [0.29, 0.717) is 37.6 Å². The number of aromatic nitrogens is 1. The van der Waals surface area contributed by atoms with Gasteiger partial charge in [-0.2, -0.15) is 0 Å². The number of nitrogens with zero attached hydrogens (tertiary/aromatic N) is 1. The molecule has 2 N–H and O–H groups in total. The van der Waals surface area contributed by atoms with E-state index in [2.05, 4.69) is 9.71 Å². The number of hydrogen-bond acceptors (Lipinski definition) is 4. The SMILES string of the molecule is O=C(O)C1CCCC(NS(=O)(=O)c2ccc3ccccc3n2)CC1. The summed E-state index contributed by atoms with van der Waals surface area (Å²) in [5.74, 6) is -1.17. The minimum Gasteiger partial charge on any atom is -0.481 e. The number of rotatable bonds is 4. The van der Waals surface area contributed by atoms with Crippen LogP contribution in [0.5, 0.6) is 0 Å². The van der Waals surface area contributed by atoms with Crippen molar-refractivity contribution in [1.29, 1.82) is 0 Å². The van der Waals surface area contributed by atoms with Crippen molar-refractivity contribution in [2.75, 3.05) is 0 Å². The van der Waals surface area contributed by atoms with Crippen molar-refractivity contribution in [2.45, 2.75) is 43.2 Å². The first-order valence-electron chi connectivity index (χ1n) is 8.06. The van der Waals surface area contributed by atoms with E-state index in [4.69, 9.17) is 5.11 Å². The van der Waals surface area contributed by atoms with Gasteiger partial charge in [0.25, 0.3) is 10.0 Å². The zero-order chi connectivity index (χ0) is 17.2. The monoisotopic (exact) mass is 348 g/mol. The fourth-order valence-corrected chi connectivity index (χ4v) is 4.40. The third-order valence-electron chi connectivity index (χ3n) is 4.49. The summed E-state index contributed by atoms with van der Waals surface area (Å²) in [5.41, 5.74) is 0.632. The molecule has 0 spiro atoms. The molecule has 0 amide bonds. The fourth-order valence-electron chi connectivity index (χ4n) is 3.14. The first kappa shape index (κ1) is 16.9. The average Bonchev–Trinajstić information content (AvgIpc) is 2.79. The number of nitrogens with one attached hydrogen (secondary N) is 1. The summed E-state index contributed by atoms with van der Waals surface area (Å²) in [5, 5.41) is 10.00. The summed E-state index contributed by atoms with van der Waals surface area (Å²) in [4.78, 5) is 15.3. The molecule has 1 heterocycles. The molecule has 0 aliphatic heterocycles. The number of pyridine rings is 1. The van der Waals surface area contributed by atoms with Gasteiger partial charge in [-0.15, -0.1) is 0 Å². The molecule has 1 aromatic carbocycles. The number of sulfonamides is 1. The van der Waals surface area contributed by atoms with Crippen LogP contribution in [-0.2, 0) is 14.8 Å². The zero-order valence-electron chi connectivity index (χ0n) is 13.2. The summed E-state index contributed by atoms with van der Waals surface area (Å²) in [7, 11) is -3.71. The van der Waals surface area contributed by atoms with Crippen LogP contribution < -0.4 is 4.72 Å². The lowest BCUT2D eigenvalue weighted by atomic mass is 10.0. The fraction of sp³-hybridized carbons (Fsp3) is 0.412. The second-order valence-corrected chi connectivity index (χ2v) is 7.86. The predicted octanol–water partition coefficient (Wildman–Crippen LogP) is 2.55. The molecule has 2 atom stereocenters. The van der Waals surface area contributed by atoms with Gasteiger partial charge in [-0.05, 0) is 43.9 Å². The molecular weight excluding hydrogens is 328 g/mol. The summed E-state index contributed by atoms with van der Waals surface area (Å²) in [6.07, 6.45) is 2.98. The molecule has 1 fully saturated rings. The van der Waals surface area contributed by atoms with Gasteiger partial charge >= 0.3 is 5.97 Å². The summed E-state index contributed by atoms with van der Waals surface area (Å²) in [6, 6.07) is 10.3. The molecule has 0 radical (unpaired) electrons. The van der Waals surface area contributed by atoms with Crippen LogP contribution in [0.4, 0.5) is 0 Å². The Morgan fingerprint density at radius 3 is 2.67 bits per heavy atom. The van der Waals surface area contributed by atoms with E-state index in [-0.39, 0.29) is 17.0 Å². The molecule has 128 valence electrons. The Morgan fingerprint density at radius 2 is 1.88 bits per heavy atom. The van der Waals surface area contributed by atoms with E-state index in [0.717, 1.165) is 5.39 Å². The smallest absolute Gasteiger partial charge is 0.306 e. The van der Waals surface area contributed by atoms with Crippen LogP contribution in [0.1, 0.15) is 32.1 Å². The lowest BCUT2D eigenvalue weighted by molar-refractivity contribution is -0.142. The minimum atomic E-state index is -3.71. The number of carbonyl (C=O) groups is 1. The van der Waals surface area contributed by atoms with Crippen LogP contribution in [0.2, 0.25) is 0 Å². The van der Waals surface area contributed by atoms with E-state index in [9.17, 15) is 13.2 Å². The Bertz CT molecular complexity index is 851. The van der Waals surface area contributed by atoms with Crippen molar-refractivity contribution >= 4 is 26.9 Å². The van der Waals surface area contributed by atoms with Crippen LogP contribution in [0.3, 0.4) is 0 Å². The maximum Gasteiger partial charge on any atom is 0.306 e. The predicted molar refractivity (Wildman–Crippen MR) is 90.1 cm³/mol. The molecule has 1 aliphatic carbocycles. The van der Waals surface area contributed by atoms with Gasteiger partial charge in [-0.3, -0.25) is 4.79 Å². The van der Waals surface area contributed by atoms with Gasteiger partial charge in [-0.25, -0.2) is 18.1 Å². The van der Waals surface area contributed by atoms with E-state index in [1.807, 2.05) is 18.2 Å². The molecule has 1 aromatic heterocycles. The lowest BCUT2D eigenvalue weighted by Gasteiger charge is -2.16. The molecule has 24 heavy (non-hydrogen) atoms. The van der Waals surface area contributed by atoms with E-state index in [1.54, 1.807) is 12.1 Å². The summed E-state index contributed by atoms with van der Waals surface area (Å²) >= 11 is 0. The molecule has 3 rings (SSSR count). The number of hydrogen-bond donors (Lipinski definition) is 2. The van der Waals surface area contributed by atoms with Gasteiger partial charge in [0.05, 0.1) is 11.4 Å². The molecule has 2 aromatic rings. The summed E-state index contributed by atoms with van der Waals surface area (Å²) < 4.78 is 27.9. The minimum absolute atomic E-state index is 0.000214. The van der Waals surface area contributed by atoms with Crippen LogP contribution >= 0.6 is 0 Å². The van der Waals surface area contributed by atoms with Crippen LogP contribution in [-0.4, -0.2) is 30.5 Å². The van der Waals surface area contributed by atoms with Gasteiger partial charge < -0.3 is 5.11 Å². The molecule has 1 aliphatic rings. The van der Waals surface area contributed by atoms with Crippen molar-refractivity contribution < 1.29 is 18.3 Å². The van der Waals surface area contributed by atoms with E-state index >= 15 is 0 Å². The van der Waals surface area contributed by atoms with Crippen LogP contribution in [0.25, 0.3) is 10.9 Å². The van der Waals surface area contributed by atoms with Crippen molar-refractivity contribution in [1.82, 2.24) is 9.71 Å². The average molecular weight is 348 g/mol. The standard InChI is InChI=1S/C17H20N2O4S/c20-17(21)13-5-3-6-14(10-8-13)19-24(22,23)16-11-9-12-4-1-2-7-15(12)18-16/h1-2,4,7,9,11,13-14,19H,3,5-6,8,10H2,(H,20,21). The molecule has 6 nitrogen and oxygen atoms in total. The molecular formula is C17H20N2O4S. The summed E-state index contributed by atoms with van der Waals surface area (Å²) in [6.45, 7) is 0. The molecule has 2 unspecified atom stereocenters. The first-order chi connectivity index (χ1) is 11.5. The van der Waals surface area contributed by atoms with Crippen molar-refractivity contribution in [3.63, 3.8) is 0 Å². The Kier molecular flexibility index (Phi) is 4.82. The Balaban J connectivity index is 1.76. The second kappa shape index (κ2) is 6.86. The third-order valence-corrected chi connectivity index (χ3v) is 5.91. The number of carboxylic acids is 1. The van der Waals surface area contributed by atoms with E-state index in [1.165, 1.54) is 6.07 Å². The highest BCUT2D eigenvalue weighted by Gasteiger charge is 2.27. The van der Waals surface area contributed by atoms with Gasteiger partial charge in [0, 0.05) is 11.4 Å². The van der Waals surface area contributed by atoms with E-state index < -0.39 is 16.0 Å². The van der Waals surface area contributed by atoms with Crippen LogP contribution in [0, 0.1) is 5.92 Å². The maximum atomic E-state index is 12.6. The lowest BCUT2D eigenvalue weighted by Crippen LogP contribution is -2.35. The molecule has 0 bridgehead atoms. The maximum absolute atomic E-state index is 12.6. The largest absolute Gasteiger partial charge is 0.481 e. The number of carboxylic acid groups (broad SMARTS) is 1. The van der Waals surface area contributed by atoms with Gasteiger partial charge in [0.2, 0.25) is 0 Å². The highest BCUT2D eigenvalue weighted by atomic mass is 32.2.